The Labute approximate surface area is 112 Å². The summed E-state index contributed by atoms with van der Waals surface area (Å²) in [6, 6.07) is 4.46. The molecule has 1 aromatic rings. The van der Waals surface area contributed by atoms with Gasteiger partial charge < -0.3 is 10.6 Å². The van der Waals surface area contributed by atoms with Crippen molar-refractivity contribution in [1.29, 1.82) is 0 Å². The highest BCUT2D eigenvalue weighted by atomic mass is 16.6. The molecule has 0 aromatic heterocycles. The van der Waals surface area contributed by atoms with E-state index in [0.717, 1.165) is 6.42 Å². The Bertz CT molecular complexity index is 474. The number of rotatable bonds is 6. The highest BCUT2D eigenvalue weighted by Crippen LogP contribution is 2.27. The molecule has 0 radical (unpaired) electrons. The second-order valence-electron chi connectivity index (χ2n) is 4.43. The van der Waals surface area contributed by atoms with Crippen molar-refractivity contribution >= 4 is 17.3 Å². The molecular formula is C13H19N3O3. The van der Waals surface area contributed by atoms with Crippen LogP contribution in [0, 0.1) is 16.0 Å². The van der Waals surface area contributed by atoms with E-state index >= 15 is 0 Å². The maximum absolute atomic E-state index is 12.0. The number of carbonyl (C=O) groups excluding carboxylic acids is 1. The summed E-state index contributed by atoms with van der Waals surface area (Å²) in [6.07, 6.45) is 0.966. The first-order chi connectivity index (χ1) is 9.01. The zero-order valence-electron chi connectivity index (χ0n) is 11.4. The highest BCUT2D eigenvalue weighted by Gasteiger charge is 2.20. The Morgan fingerprint density at radius 1 is 1.47 bits per heavy atom. The Kier molecular flexibility index (Phi) is 5.29. The lowest BCUT2D eigenvalue weighted by atomic mass is 10.1. The van der Waals surface area contributed by atoms with Crippen molar-refractivity contribution < 1.29 is 9.72 Å². The molecule has 0 fully saturated rings. The van der Waals surface area contributed by atoms with Crippen molar-refractivity contribution in [2.45, 2.75) is 20.3 Å². The lowest BCUT2D eigenvalue weighted by Crippen LogP contribution is -2.28. The van der Waals surface area contributed by atoms with Crippen LogP contribution in [0.1, 0.15) is 30.6 Å². The molecule has 6 nitrogen and oxygen atoms in total. The molecule has 2 N–H and O–H groups in total. The van der Waals surface area contributed by atoms with Gasteiger partial charge in [-0.25, -0.2) is 0 Å². The van der Waals surface area contributed by atoms with Crippen LogP contribution in [0.4, 0.5) is 11.4 Å². The van der Waals surface area contributed by atoms with Gasteiger partial charge in [0, 0.05) is 19.7 Å². The number of nitrogens with zero attached hydrogens (tertiary/aromatic N) is 1. The summed E-state index contributed by atoms with van der Waals surface area (Å²) < 4.78 is 0. The summed E-state index contributed by atoms with van der Waals surface area (Å²) in [5.41, 5.74) is 0.438. The SMILES string of the molecule is CCC(C)CNC(=O)c1cccc([N+](=O)[O-])c1NC. The third kappa shape index (κ3) is 3.67. The number of amides is 1. The molecule has 0 saturated heterocycles. The maximum Gasteiger partial charge on any atom is 0.293 e. The molecular weight excluding hydrogens is 246 g/mol. The molecule has 1 rings (SSSR count). The molecule has 19 heavy (non-hydrogen) atoms. The third-order valence-corrected chi connectivity index (χ3v) is 3.04. The molecule has 1 amide bonds. The minimum Gasteiger partial charge on any atom is -0.382 e. The van der Waals surface area contributed by atoms with E-state index in [1.54, 1.807) is 13.1 Å². The quantitative estimate of drug-likeness (QED) is 0.611. The van der Waals surface area contributed by atoms with Crippen LogP contribution >= 0.6 is 0 Å². The van der Waals surface area contributed by atoms with E-state index in [-0.39, 0.29) is 17.3 Å². The van der Waals surface area contributed by atoms with Crippen molar-refractivity contribution in [3.05, 3.63) is 33.9 Å². The predicted molar refractivity (Wildman–Crippen MR) is 74.4 cm³/mol. The number of anilines is 1. The molecule has 6 heteroatoms. The largest absolute Gasteiger partial charge is 0.382 e. The predicted octanol–water partition coefficient (Wildman–Crippen LogP) is 2.41. The summed E-state index contributed by atoms with van der Waals surface area (Å²) in [7, 11) is 1.56. The first-order valence-electron chi connectivity index (χ1n) is 6.24. The molecule has 0 bridgehead atoms. The van der Waals surface area contributed by atoms with Gasteiger partial charge in [0.1, 0.15) is 5.69 Å². The van der Waals surface area contributed by atoms with Crippen LogP contribution < -0.4 is 10.6 Å². The first-order valence-corrected chi connectivity index (χ1v) is 6.24. The zero-order valence-corrected chi connectivity index (χ0v) is 11.4. The Balaban J connectivity index is 2.96. The van der Waals surface area contributed by atoms with E-state index < -0.39 is 4.92 Å². The van der Waals surface area contributed by atoms with E-state index in [1.165, 1.54) is 12.1 Å². The molecule has 0 aliphatic rings. The van der Waals surface area contributed by atoms with Gasteiger partial charge in [0.15, 0.2) is 0 Å². The molecule has 1 aromatic carbocycles. The minimum absolute atomic E-state index is 0.0984. The summed E-state index contributed by atoms with van der Waals surface area (Å²) in [4.78, 5) is 22.4. The standard InChI is InChI=1S/C13H19N3O3/c1-4-9(2)8-15-13(17)10-6-5-7-11(16(18)19)12(10)14-3/h5-7,9,14H,4,8H2,1-3H3,(H,15,17). The molecule has 1 atom stereocenters. The van der Waals surface area contributed by atoms with Gasteiger partial charge >= 0.3 is 0 Å². The first kappa shape index (κ1) is 14.9. The lowest BCUT2D eigenvalue weighted by Gasteiger charge is -2.12. The fourth-order valence-corrected chi connectivity index (χ4v) is 1.65. The van der Waals surface area contributed by atoms with Gasteiger partial charge in [-0.3, -0.25) is 14.9 Å². The lowest BCUT2D eigenvalue weighted by molar-refractivity contribution is -0.384. The molecule has 0 saturated carbocycles. The van der Waals surface area contributed by atoms with E-state index in [0.29, 0.717) is 18.0 Å². The number of nitro groups is 1. The summed E-state index contributed by atoms with van der Waals surface area (Å²) >= 11 is 0. The number of benzene rings is 1. The molecule has 104 valence electrons. The smallest absolute Gasteiger partial charge is 0.293 e. The van der Waals surface area contributed by atoms with Crippen molar-refractivity contribution in [2.24, 2.45) is 5.92 Å². The normalized spacial score (nSPS) is 11.7. The minimum atomic E-state index is -0.503. The number of nitrogens with one attached hydrogen (secondary N) is 2. The third-order valence-electron chi connectivity index (χ3n) is 3.04. The van der Waals surface area contributed by atoms with E-state index in [4.69, 9.17) is 0 Å². The second kappa shape index (κ2) is 6.72. The number of hydrogen-bond donors (Lipinski definition) is 2. The Morgan fingerprint density at radius 2 is 2.16 bits per heavy atom. The van der Waals surface area contributed by atoms with Crippen molar-refractivity contribution in [1.82, 2.24) is 5.32 Å². The molecule has 0 spiro atoms. The average Bonchev–Trinajstić information content (AvgIpc) is 2.43. The molecule has 0 aliphatic heterocycles. The molecule has 1 unspecified atom stereocenters. The van der Waals surface area contributed by atoms with Gasteiger partial charge in [0.25, 0.3) is 11.6 Å². The number of nitro benzene ring substituents is 1. The fourth-order valence-electron chi connectivity index (χ4n) is 1.65. The number of para-hydroxylation sites is 1. The van der Waals surface area contributed by atoms with Gasteiger partial charge in [-0.15, -0.1) is 0 Å². The van der Waals surface area contributed by atoms with Gasteiger partial charge in [-0.1, -0.05) is 26.3 Å². The topological polar surface area (TPSA) is 84.3 Å². The van der Waals surface area contributed by atoms with Crippen LogP contribution in [0.15, 0.2) is 18.2 Å². The van der Waals surface area contributed by atoms with Gasteiger partial charge in [0.2, 0.25) is 0 Å². The molecule has 0 heterocycles. The van der Waals surface area contributed by atoms with Crippen LogP contribution in [-0.4, -0.2) is 24.4 Å². The average molecular weight is 265 g/mol. The Hall–Kier alpha value is -2.11. The second-order valence-corrected chi connectivity index (χ2v) is 4.43. The van der Waals surface area contributed by atoms with Gasteiger partial charge in [-0.2, -0.15) is 0 Å². The molecule has 0 aliphatic carbocycles. The number of carbonyl (C=O) groups is 1. The summed E-state index contributed by atoms with van der Waals surface area (Å²) in [6.45, 7) is 4.64. The van der Waals surface area contributed by atoms with Crippen LogP contribution in [0.25, 0.3) is 0 Å². The van der Waals surface area contributed by atoms with Gasteiger partial charge in [-0.05, 0) is 12.0 Å². The monoisotopic (exact) mass is 265 g/mol. The Morgan fingerprint density at radius 3 is 2.68 bits per heavy atom. The zero-order chi connectivity index (χ0) is 14.4. The van der Waals surface area contributed by atoms with Crippen molar-refractivity contribution in [3.63, 3.8) is 0 Å². The highest BCUT2D eigenvalue weighted by molar-refractivity contribution is 6.01. The van der Waals surface area contributed by atoms with E-state index in [1.807, 2.05) is 13.8 Å². The van der Waals surface area contributed by atoms with Crippen molar-refractivity contribution in [3.8, 4) is 0 Å². The van der Waals surface area contributed by atoms with E-state index in [2.05, 4.69) is 10.6 Å². The van der Waals surface area contributed by atoms with Crippen LogP contribution in [0.3, 0.4) is 0 Å². The van der Waals surface area contributed by atoms with E-state index in [9.17, 15) is 14.9 Å². The maximum atomic E-state index is 12.0. The summed E-state index contributed by atoms with van der Waals surface area (Å²) in [5.74, 6) is 0.0778. The van der Waals surface area contributed by atoms with Crippen LogP contribution in [-0.2, 0) is 0 Å². The summed E-state index contributed by atoms with van der Waals surface area (Å²) in [5, 5.41) is 16.4. The fraction of sp³-hybridized carbons (Fsp3) is 0.462. The van der Waals surface area contributed by atoms with Crippen LogP contribution in [0.5, 0.6) is 0 Å². The van der Waals surface area contributed by atoms with Gasteiger partial charge in [0.05, 0.1) is 10.5 Å². The number of hydrogen-bond acceptors (Lipinski definition) is 4. The van der Waals surface area contributed by atoms with Crippen molar-refractivity contribution in [2.75, 3.05) is 18.9 Å². The van der Waals surface area contributed by atoms with Crippen LogP contribution in [0.2, 0.25) is 0 Å².